The van der Waals surface area contributed by atoms with Gasteiger partial charge in [0.25, 0.3) is 5.91 Å². The Morgan fingerprint density at radius 2 is 2.03 bits per heavy atom. The van der Waals surface area contributed by atoms with Crippen LogP contribution in [0.5, 0.6) is 11.5 Å². The summed E-state index contributed by atoms with van der Waals surface area (Å²) < 4.78 is 6.94. The van der Waals surface area contributed by atoms with Gasteiger partial charge in [-0.3, -0.25) is 9.59 Å². The van der Waals surface area contributed by atoms with Crippen molar-refractivity contribution in [3.05, 3.63) is 77.1 Å². The van der Waals surface area contributed by atoms with Crippen LogP contribution in [0.4, 0.5) is 11.5 Å². The number of hydrogen-bond acceptors (Lipinski definition) is 6. The lowest BCUT2D eigenvalue weighted by atomic mass is 9.85. The normalized spacial score (nSPS) is 17.3. The SMILES string of the molecule is COc1cc([C@@H]2C3=C(CCCC3=O)Nc3c(C(=O)Nc4ccccc4)cnn32)ccc1O. The Bertz CT molecular complexity index is 1250. The first-order valence-corrected chi connectivity index (χ1v) is 10.4. The zero-order valence-corrected chi connectivity index (χ0v) is 17.5. The van der Waals surface area contributed by atoms with Gasteiger partial charge in [-0.25, -0.2) is 4.68 Å². The van der Waals surface area contributed by atoms with Gasteiger partial charge in [0, 0.05) is 23.4 Å². The second-order valence-corrected chi connectivity index (χ2v) is 7.80. The number of aromatic hydroxyl groups is 1. The molecule has 0 radical (unpaired) electrons. The predicted octanol–water partition coefficient (Wildman–Crippen LogP) is 3.87. The number of benzene rings is 2. The van der Waals surface area contributed by atoms with Gasteiger partial charge in [0.2, 0.25) is 0 Å². The van der Waals surface area contributed by atoms with E-state index >= 15 is 0 Å². The fourth-order valence-corrected chi connectivity index (χ4v) is 4.32. The Balaban J connectivity index is 1.60. The Labute approximate surface area is 184 Å². The van der Waals surface area contributed by atoms with Crippen LogP contribution in [0.1, 0.15) is 41.2 Å². The lowest BCUT2D eigenvalue weighted by Crippen LogP contribution is -2.32. The zero-order valence-electron chi connectivity index (χ0n) is 17.5. The molecule has 1 atom stereocenters. The number of allylic oxidation sites excluding steroid dienone is 2. The van der Waals surface area contributed by atoms with Crippen LogP contribution in [-0.2, 0) is 4.79 Å². The number of amides is 1. The summed E-state index contributed by atoms with van der Waals surface area (Å²) in [6.07, 6.45) is 3.42. The summed E-state index contributed by atoms with van der Waals surface area (Å²) in [5, 5.41) is 20.7. The molecule has 0 saturated heterocycles. The van der Waals surface area contributed by atoms with Gasteiger partial charge < -0.3 is 20.5 Å². The molecule has 2 aliphatic rings. The number of rotatable bonds is 4. The van der Waals surface area contributed by atoms with Gasteiger partial charge in [0.15, 0.2) is 17.3 Å². The molecule has 8 heteroatoms. The molecule has 1 aromatic heterocycles. The van der Waals surface area contributed by atoms with Crippen molar-refractivity contribution in [2.24, 2.45) is 0 Å². The highest BCUT2D eigenvalue weighted by molar-refractivity contribution is 6.08. The minimum atomic E-state index is -0.526. The number of anilines is 2. The number of carbonyl (C=O) groups excluding carboxylic acids is 2. The number of hydrogen-bond donors (Lipinski definition) is 3. The predicted molar refractivity (Wildman–Crippen MR) is 119 cm³/mol. The summed E-state index contributed by atoms with van der Waals surface area (Å²) in [7, 11) is 1.48. The number of fused-ring (bicyclic) bond motifs is 1. The molecule has 5 rings (SSSR count). The second-order valence-electron chi connectivity index (χ2n) is 7.80. The van der Waals surface area contributed by atoms with Gasteiger partial charge >= 0.3 is 0 Å². The van der Waals surface area contributed by atoms with Gasteiger partial charge in [-0.15, -0.1) is 0 Å². The molecule has 1 aliphatic carbocycles. The van der Waals surface area contributed by atoms with Crippen LogP contribution in [0, 0.1) is 0 Å². The standard InChI is InChI=1S/C24H22N4O4/c1-32-20-12-14(10-11-18(20)29)22-21-17(8-5-9-19(21)30)27-23-16(13-25-28(22)23)24(31)26-15-6-3-2-4-7-15/h2-4,6-7,10-13,22,27,29H,5,8-9H2,1H3,(H,26,31)/t22-/m1/s1. The molecule has 1 amide bonds. The van der Waals surface area contributed by atoms with Gasteiger partial charge in [-0.1, -0.05) is 24.3 Å². The van der Waals surface area contributed by atoms with E-state index in [4.69, 9.17) is 4.74 Å². The van der Waals surface area contributed by atoms with Crippen molar-refractivity contribution in [3.63, 3.8) is 0 Å². The third kappa shape index (κ3) is 3.30. The molecule has 3 aromatic rings. The molecule has 0 bridgehead atoms. The Hall–Kier alpha value is -4.07. The minimum absolute atomic E-state index is 0.0120. The monoisotopic (exact) mass is 430 g/mol. The van der Waals surface area contributed by atoms with E-state index in [1.165, 1.54) is 19.4 Å². The number of phenols is 1. The first kappa shape index (κ1) is 19.9. The highest BCUT2D eigenvalue weighted by Crippen LogP contribution is 2.43. The number of nitrogens with zero attached hydrogens (tertiary/aromatic N) is 2. The van der Waals surface area contributed by atoms with E-state index in [0.29, 0.717) is 41.2 Å². The maximum absolute atomic E-state index is 13.0. The lowest BCUT2D eigenvalue weighted by molar-refractivity contribution is -0.116. The van der Waals surface area contributed by atoms with Crippen molar-refractivity contribution in [3.8, 4) is 11.5 Å². The Morgan fingerprint density at radius 3 is 2.81 bits per heavy atom. The maximum Gasteiger partial charge on any atom is 0.261 e. The molecule has 0 spiro atoms. The lowest BCUT2D eigenvalue weighted by Gasteiger charge is -2.33. The fourth-order valence-electron chi connectivity index (χ4n) is 4.32. The van der Waals surface area contributed by atoms with Gasteiger partial charge in [-0.2, -0.15) is 5.10 Å². The quantitative estimate of drug-likeness (QED) is 0.580. The van der Waals surface area contributed by atoms with Crippen LogP contribution >= 0.6 is 0 Å². The number of aromatic nitrogens is 2. The number of methoxy groups -OCH3 is 1. The fraction of sp³-hybridized carbons (Fsp3) is 0.208. The number of para-hydroxylation sites is 1. The number of ether oxygens (including phenoxy) is 1. The van der Waals surface area contributed by atoms with E-state index in [1.54, 1.807) is 16.8 Å². The molecule has 0 saturated carbocycles. The van der Waals surface area contributed by atoms with Gasteiger partial charge in [-0.05, 0) is 42.7 Å². The Morgan fingerprint density at radius 1 is 1.22 bits per heavy atom. The van der Waals surface area contributed by atoms with E-state index in [1.807, 2.05) is 30.3 Å². The molecular weight excluding hydrogens is 408 g/mol. The molecule has 2 aromatic carbocycles. The molecule has 162 valence electrons. The van der Waals surface area contributed by atoms with Crippen LogP contribution in [0.3, 0.4) is 0 Å². The van der Waals surface area contributed by atoms with E-state index < -0.39 is 6.04 Å². The van der Waals surface area contributed by atoms with Crippen LogP contribution in [0.2, 0.25) is 0 Å². The average Bonchev–Trinajstić information content (AvgIpc) is 3.23. The molecule has 32 heavy (non-hydrogen) atoms. The van der Waals surface area contributed by atoms with Crippen molar-refractivity contribution in [2.75, 3.05) is 17.7 Å². The van der Waals surface area contributed by atoms with Crippen molar-refractivity contribution in [1.29, 1.82) is 0 Å². The van der Waals surface area contributed by atoms with Gasteiger partial charge in [0.1, 0.15) is 17.4 Å². The average molecular weight is 430 g/mol. The number of carbonyl (C=O) groups is 2. The molecule has 2 heterocycles. The van der Waals surface area contributed by atoms with Crippen LogP contribution < -0.4 is 15.4 Å². The molecule has 0 unspecified atom stereocenters. The van der Waals surface area contributed by atoms with Crippen molar-refractivity contribution in [1.82, 2.24) is 9.78 Å². The number of phenolic OH excluding ortho intramolecular Hbond substituents is 1. The molecule has 1 aliphatic heterocycles. The first-order valence-electron chi connectivity index (χ1n) is 10.4. The van der Waals surface area contributed by atoms with Crippen LogP contribution in [0.15, 0.2) is 66.0 Å². The Kier molecular flexibility index (Phi) is 4.89. The third-order valence-electron chi connectivity index (χ3n) is 5.83. The smallest absolute Gasteiger partial charge is 0.261 e. The zero-order chi connectivity index (χ0) is 22.2. The number of ketones is 1. The van der Waals surface area contributed by atoms with Crippen molar-refractivity contribution < 1.29 is 19.4 Å². The summed E-state index contributed by atoms with van der Waals surface area (Å²) >= 11 is 0. The highest BCUT2D eigenvalue weighted by Gasteiger charge is 2.37. The van der Waals surface area contributed by atoms with E-state index in [0.717, 1.165) is 17.7 Å². The van der Waals surface area contributed by atoms with Crippen molar-refractivity contribution >= 4 is 23.2 Å². The van der Waals surface area contributed by atoms with E-state index in [9.17, 15) is 14.7 Å². The molecular formula is C24H22N4O4. The minimum Gasteiger partial charge on any atom is -0.504 e. The van der Waals surface area contributed by atoms with Crippen LogP contribution in [-0.4, -0.2) is 33.7 Å². The topological polar surface area (TPSA) is 105 Å². The van der Waals surface area contributed by atoms with Crippen molar-refractivity contribution in [2.45, 2.75) is 25.3 Å². The van der Waals surface area contributed by atoms with Crippen LogP contribution in [0.25, 0.3) is 0 Å². The summed E-state index contributed by atoms with van der Waals surface area (Å²) in [6.45, 7) is 0. The summed E-state index contributed by atoms with van der Waals surface area (Å²) in [5.41, 5.74) is 3.24. The third-order valence-corrected chi connectivity index (χ3v) is 5.83. The highest BCUT2D eigenvalue weighted by atomic mass is 16.5. The van der Waals surface area contributed by atoms with E-state index in [-0.39, 0.29) is 17.4 Å². The van der Waals surface area contributed by atoms with Gasteiger partial charge in [0.05, 0.1) is 13.3 Å². The summed E-state index contributed by atoms with van der Waals surface area (Å²) in [4.78, 5) is 25.9. The largest absolute Gasteiger partial charge is 0.504 e. The maximum atomic E-state index is 13.0. The first-order chi connectivity index (χ1) is 15.6. The number of nitrogens with one attached hydrogen (secondary N) is 2. The molecule has 3 N–H and O–H groups in total. The summed E-state index contributed by atoms with van der Waals surface area (Å²) in [6, 6.07) is 13.7. The second kappa shape index (κ2) is 7.88. The number of Topliss-reactive ketones (excluding diaryl/α,β-unsaturated/α-hetero) is 1. The molecule has 0 fully saturated rings. The molecule has 8 nitrogen and oxygen atoms in total. The van der Waals surface area contributed by atoms with E-state index in [2.05, 4.69) is 15.7 Å². The summed E-state index contributed by atoms with van der Waals surface area (Å²) in [5.74, 6) is 0.606.